The molecule has 2 aromatic rings. The van der Waals surface area contributed by atoms with Crippen molar-refractivity contribution in [3.05, 3.63) is 63.4 Å². The lowest BCUT2D eigenvalue weighted by Crippen LogP contribution is -2.02. The van der Waals surface area contributed by atoms with E-state index in [0.717, 1.165) is 16.6 Å². The highest BCUT2D eigenvalue weighted by molar-refractivity contribution is 9.10. The van der Waals surface area contributed by atoms with Gasteiger partial charge in [-0.1, -0.05) is 28.1 Å². The highest BCUT2D eigenvalue weighted by Crippen LogP contribution is 2.25. The first-order chi connectivity index (χ1) is 9.22. The molecule has 0 spiro atoms. The summed E-state index contributed by atoms with van der Waals surface area (Å²) in [5, 5.41) is 3.30. The predicted molar refractivity (Wildman–Crippen MR) is 79.9 cm³/mol. The van der Waals surface area contributed by atoms with Gasteiger partial charge in [0.15, 0.2) is 0 Å². The van der Waals surface area contributed by atoms with Gasteiger partial charge in [-0.25, -0.2) is 4.39 Å². The van der Waals surface area contributed by atoms with E-state index in [4.69, 9.17) is 0 Å². The summed E-state index contributed by atoms with van der Waals surface area (Å²) in [7, 11) is 0. The highest BCUT2D eigenvalue weighted by atomic mass is 79.9. The van der Waals surface area contributed by atoms with Crippen molar-refractivity contribution in [2.24, 2.45) is 0 Å². The Bertz CT molecular complexity index is 610. The van der Waals surface area contributed by atoms with Crippen LogP contribution in [-0.2, 0) is 19.4 Å². The zero-order valence-electron chi connectivity index (χ0n) is 10.5. The lowest BCUT2D eigenvalue weighted by atomic mass is 10.1. The normalized spacial score (nSPS) is 13.4. The third-order valence-corrected chi connectivity index (χ3v) is 4.09. The maximum atomic E-state index is 13.7. The number of aryl methyl sites for hydroxylation is 2. The first kappa shape index (κ1) is 12.7. The average Bonchev–Trinajstić information content (AvgIpc) is 2.85. The van der Waals surface area contributed by atoms with Gasteiger partial charge < -0.3 is 5.32 Å². The molecule has 0 aromatic heterocycles. The Kier molecular flexibility index (Phi) is 3.56. The fourth-order valence-electron chi connectivity index (χ4n) is 2.54. The highest BCUT2D eigenvalue weighted by Gasteiger charge is 2.10. The van der Waals surface area contributed by atoms with Crippen LogP contribution in [-0.4, -0.2) is 0 Å². The van der Waals surface area contributed by atoms with Gasteiger partial charge >= 0.3 is 0 Å². The molecule has 3 rings (SSSR count). The molecule has 1 nitrogen and oxygen atoms in total. The van der Waals surface area contributed by atoms with E-state index < -0.39 is 0 Å². The van der Waals surface area contributed by atoms with Crippen molar-refractivity contribution in [1.82, 2.24) is 0 Å². The van der Waals surface area contributed by atoms with Crippen molar-refractivity contribution in [3.63, 3.8) is 0 Å². The molecule has 0 saturated carbocycles. The molecule has 98 valence electrons. The number of hydrogen-bond donors (Lipinski definition) is 1. The molecule has 0 amide bonds. The molecule has 1 aliphatic rings. The summed E-state index contributed by atoms with van der Waals surface area (Å²) >= 11 is 3.27. The van der Waals surface area contributed by atoms with Gasteiger partial charge in [0.2, 0.25) is 0 Å². The van der Waals surface area contributed by atoms with Gasteiger partial charge in [-0.3, -0.25) is 0 Å². The van der Waals surface area contributed by atoms with E-state index in [9.17, 15) is 4.39 Å². The van der Waals surface area contributed by atoms with Crippen molar-refractivity contribution < 1.29 is 4.39 Å². The molecule has 0 atom stereocenters. The average molecular weight is 320 g/mol. The van der Waals surface area contributed by atoms with E-state index in [1.807, 2.05) is 6.07 Å². The maximum absolute atomic E-state index is 13.7. The van der Waals surface area contributed by atoms with E-state index in [1.54, 1.807) is 6.07 Å². The molecule has 1 aliphatic carbocycles. The lowest BCUT2D eigenvalue weighted by molar-refractivity contribution is 0.612. The smallest absolute Gasteiger partial charge is 0.129 e. The first-order valence-corrected chi connectivity index (χ1v) is 7.31. The molecular formula is C16H15BrFN. The number of rotatable bonds is 3. The van der Waals surface area contributed by atoms with Gasteiger partial charge in [0.1, 0.15) is 5.82 Å². The van der Waals surface area contributed by atoms with Gasteiger partial charge in [0.05, 0.1) is 0 Å². The molecule has 19 heavy (non-hydrogen) atoms. The Labute approximate surface area is 121 Å². The summed E-state index contributed by atoms with van der Waals surface area (Å²) in [6.07, 6.45) is 3.61. The van der Waals surface area contributed by atoms with E-state index in [-0.39, 0.29) is 5.82 Å². The molecule has 1 N–H and O–H groups in total. The number of benzene rings is 2. The van der Waals surface area contributed by atoms with Gasteiger partial charge in [0, 0.05) is 22.3 Å². The van der Waals surface area contributed by atoms with Crippen LogP contribution in [0.15, 0.2) is 40.9 Å². The molecule has 0 unspecified atom stereocenters. The minimum absolute atomic E-state index is 0.178. The minimum Gasteiger partial charge on any atom is -0.381 e. The van der Waals surface area contributed by atoms with Gasteiger partial charge in [0.25, 0.3) is 0 Å². The van der Waals surface area contributed by atoms with E-state index in [1.165, 1.54) is 30.0 Å². The molecule has 2 aromatic carbocycles. The van der Waals surface area contributed by atoms with Crippen molar-refractivity contribution in [1.29, 1.82) is 0 Å². The summed E-state index contributed by atoms with van der Waals surface area (Å²) in [6, 6.07) is 11.6. The molecule has 0 radical (unpaired) electrons. The van der Waals surface area contributed by atoms with Crippen molar-refractivity contribution in [2.75, 3.05) is 5.32 Å². The van der Waals surface area contributed by atoms with Crippen LogP contribution in [0.3, 0.4) is 0 Å². The molecule has 0 fully saturated rings. The third-order valence-electron chi connectivity index (χ3n) is 3.60. The van der Waals surface area contributed by atoms with Gasteiger partial charge in [-0.15, -0.1) is 0 Å². The maximum Gasteiger partial charge on any atom is 0.129 e. The lowest BCUT2D eigenvalue weighted by Gasteiger charge is -2.09. The zero-order chi connectivity index (χ0) is 13.2. The van der Waals surface area contributed by atoms with Gasteiger partial charge in [-0.2, -0.15) is 0 Å². The van der Waals surface area contributed by atoms with E-state index in [2.05, 4.69) is 39.4 Å². The Morgan fingerprint density at radius 2 is 1.89 bits per heavy atom. The summed E-state index contributed by atoms with van der Waals surface area (Å²) in [5.74, 6) is -0.178. The molecule has 3 heteroatoms. The second-order valence-electron chi connectivity index (χ2n) is 4.93. The van der Waals surface area contributed by atoms with E-state index in [0.29, 0.717) is 12.1 Å². The van der Waals surface area contributed by atoms with Gasteiger partial charge in [-0.05, 0) is 54.7 Å². The molecular weight excluding hydrogens is 305 g/mol. The molecule has 0 heterocycles. The van der Waals surface area contributed by atoms with Crippen LogP contribution in [0.5, 0.6) is 0 Å². The standard InChI is InChI=1S/C16H15BrFN/c17-14-6-4-13(16(18)9-14)10-19-15-7-5-11-2-1-3-12(11)8-15/h4-9,19H,1-3,10H2. The third kappa shape index (κ3) is 2.81. The van der Waals surface area contributed by atoms with E-state index >= 15 is 0 Å². The zero-order valence-corrected chi connectivity index (χ0v) is 12.1. The van der Waals surface area contributed by atoms with Crippen LogP contribution in [0.1, 0.15) is 23.1 Å². The van der Waals surface area contributed by atoms with Crippen LogP contribution in [0, 0.1) is 5.82 Å². The summed E-state index contributed by atoms with van der Waals surface area (Å²) in [5.41, 5.74) is 4.65. The van der Waals surface area contributed by atoms with Crippen LogP contribution in [0.25, 0.3) is 0 Å². The fraction of sp³-hybridized carbons (Fsp3) is 0.250. The largest absolute Gasteiger partial charge is 0.381 e. The van der Waals surface area contributed by atoms with Crippen LogP contribution in [0.4, 0.5) is 10.1 Å². The Morgan fingerprint density at radius 3 is 2.74 bits per heavy atom. The van der Waals surface area contributed by atoms with Crippen LogP contribution in [0.2, 0.25) is 0 Å². The van der Waals surface area contributed by atoms with Crippen molar-refractivity contribution >= 4 is 21.6 Å². The number of hydrogen-bond acceptors (Lipinski definition) is 1. The summed E-state index contributed by atoms with van der Waals surface area (Å²) in [4.78, 5) is 0. The first-order valence-electron chi connectivity index (χ1n) is 6.52. The van der Waals surface area contributed by atoms with Crippen molar-refractivity contribution in [3.8, 4) is 0 Å². The number of fused-ring (bicyclic) bond motifs is 1. The summed E-state index contributed by atoms with van der Waals surface area (Å²) in [6.45, 7) is 0.512. The molecule has 0 bridgehead atoms. The minimum atomic E-state index is -0.178. The monoisotopic (exact) mass is 319 g/mol. The Hall–Kier alpha value is -1.35. The van der Waals surface area contributed by atoms with Crippen molar-refractivity contribution in [2.45, 2.75) is 25.8 Å². The fourth-order valence-corrected chi connectivity index (χ4v) is 2.88. The second-order valence-corrected chi connectivity index (χ2v) is 5.84. The predicted octanol–water partition coefficient (Wildman–Crippen LogP) is 4.69. The Balaban J connectivity index is 1.72. The molecule has 0 saturated heterocycles. The number of nitrogens with one attached hydrogen (secondary N) is 1. The quantitative estimate of drug-likeness (QED) is 0.865. The SMILES string of the molecule is Fc1cc(Br)ccc1CNc1ccc2c(c1)CCC2. The number of halogens is 2. The number of anilines is 1. The summed E-state index contributed by atoms with van der Waals surface area (Å²) < 4.78 is 14.5. The van der Waals surface area contributed by atoms with Crippen LogP contribution >= 0.6 is 15.9 Å². The van der Waals surface area contributed by atoms with Crippen LogP contribution < -0.4 is 5.32 Å². The Morgan fingerprint density at radius 1 is 1.05 bits per heavy atom. The molecule has 0 aliphatic heterocycles. The topological polar surface area (TPSA) is 12.0 Å². The second kappa shape index (κ2) is 5.33.